The molecule has 1 rings (SSSR count). The topological polar surface area (TPSA) is 29.1 Å². The fourth-order valence-electron chi connectivity index (χ4n) is 2.55. The van der Waals surface area contributed by atoms with Gasteiger partial charge in [0.1, 0.15) is 8.07 Å². The Morgan fingerprint density at radius 1 is 1.05 bits per heavy atom. The first-order chi connectivity index (χ1) is 9.44. The summed E-state index contributed by atoms with van der Waals surface area (Å²) in [5, 5.41) is 0. The molecule has 1 saturated carbocycles. The Hall–Kier alpha value is -0.113. The zero-order valence-electron chi connectivity index (χ0n) is 14.9. The van der Waals surface area contributed by atoms with Crippen LogP contribution in [0, 0.1) is 17.4 Å². The van der Waals surface area contributed by atoms with Crippen LogP contribution in [0.15, 0.2) is 0 Å². The summed E-state index contributed by atoms with van der Waals surface area (Å²) >= 11 is 0. The third-order valence-electron chi connectivity index (χ3n) is 3.98. The average Bonchev–Trinajstić information content (AvgIpc) is 2.35. The molecule has 1 fully saturated rings. The molecule has 0 saturated heterocycles. The summed E-state index contributed by atoms with van der Waals surface area (Å²) in [5.41, 5.74) is 3.19. The van der Waals surface area contributed by atoms with Gasteiger partial charge in [-0.05, 0) is 46.5 Å². The molecule has 21 heavy (non-hydrogen) atoms. The summed E-state index contributed by atoms with van der Waals surface area (Å²) in [6, 6.07) is 0. The van der Waals surface area contributed by atoms with Gasteiger partial charge in [-0.3, -0.25) is 0 Å². The highest BCUT2D eigenvalue weighted by atomic mass is 32.2. The Labute approximate surface area is 135 Å². The minimum absolute atomic E-state index is 0.253. The van der Waals surface area contributed by atoms with E-state index in [1.807, 2.05) is 20.8 Å². The van der Waals surface area contributed by atoms with Crippen molar-refractivity contribution in [2.45, 2.75) is 89.7 Å². The van der Waals surface area contributed by atoms with Gasteiger partial charge in [-0.15, -0.1) is 5.54 Å². The molecule has 0 aliphatic heterocycles. The Morgan fingerprint density at radius 3 is 2.00 bits per heavy atom. The maximum absolute atomic E-state index is 12.6. The molecule has 0 radical (unpaired) electrons. The molecule has 0 bridgehead atoms. The van der Waals surface area contributed by atoms with E-state index in [1.165, 1.54) is 32.1 Å². The lowest BCUT2D eigenvalue weighted by Gasteiger charge is -2.38. The van der Waals surface area contributed by atoms with Crippen molar-refractivity contribution in [1.82, 2.24) is 4.72 Å². The maximum atomic E-state index is 12.6. The molecule has 0 unspecified atom stereocenters. The monoisotopic (exact) mass is 327 g/mol. The van der Waals surface area contributed by atoms with Crippen molar-refractivity contribution >= 4 is 19.1 Å². The van der Waals surface area contributed by atoms with Gasteiger partial charge >= 0.3 is 0 Å². The van der Waals surface area contributed by atoms with Gasteiger partial charge in [0.25, 0.3) is 0 Å². The van der Waals surface area contributed by atoms with Crippen LogP contribution in [-0.4, -0.2) is 22.6 Å². The summed E-state index contributed by atoms with van der Waals surface area (Å²) < 4.78 is 15.7. The molecule has 1 aliphatic rings. The van der Waals surface area contributed by atoms with Gasteiger partial charge in [0.2, 0.25) is 0 Å². The van der Waals surface area contributed by atoms with Crippen LogP contribution >= 0.6 is 0 Å². The van der Waals surface area contributed by atoms with Gasteiger partial charge in [-0.2, -0.15) is 0 Å². The third kappa shape index (κ3) is 6.26. The molecular formula is C17H33NOSSi. The molecule has 0 amide bonds. The fourth-order valence-corrected chi connectivity index (χ4v) is 4.10. The van der Waals surface area contributed by atoms with E-state index < -0.39 is 19.1 Å². The minimum Gasteiger partial charge on any atom is -0.242 e. The number of nitrogens with one attached hydrogen (secondary N) is 1. The molecule has 2 atom stereocenters. The first-order valence-corrected chi connectivity index (χ1v) is 12.8. The van der Waals surface area contributed by atoms with E-state index in [-0.39, 0.29) is 10.3 Å². The van der Waals surface area contributed by atoms with Gasteiger partial charge in [0.05, 0.1) is 21.3 Å². The Kier molecular flexibility index (Phi) is 6.29. The minimum atomic E-state index is -1.43. The van der Waals surface area contributed by atoms with Crippen LogP contribution in [-0.2, 0) is 11.0 Å². The van der Waals surface area contributed by atoms with E-state index in [4.69, 9.17) is 0 Å². The smallest absolute Gasteiger partial charge is 0.129 e. The molecule has 0 spiro atoms. The van der Waals surface area contributed by atoms with Crippen molar-refractivity contribution in [3.63, 3.8) is 0 Å². The third-order valence-corrected chi connectivity index (χ3v) is 6.58. The highest BCUT2D eigenvalue weighted by Gasteiger charge is 2.37. The summed E-state index contributed by atoms with van der Waals surface area (Å²) in [7, 11) is -2.50. The summed E-state index contributed by atoms with van der Waals surface area (Å²) in [4.78, 5) is 0. The molecule has 0 aromatic carbocycles. The predicted octanol–water partition coefficient (Wildman–Crippen LogP) is 4.26. The number of rotatable bonds is 3. The lowest BCUT2D eigenvalue weighted by molar-refractivity contribution is 0.256. The Balaban J connectivity index is 3.03. The van der Waals surface area contributed by atoms with Gasteiger partial charge in [-0.25, -0.2) is 8.93 Å². The molecule has 0 aromatic rings. The van der Waals surface area contributed by atoms with Crippen LogP contribution in [0.3, 0.4) is 0 Å². The maximum Gasteiger partial charge on any atom is 0.129 e. The first kappa shape index (κ1) is 18.9. The van der Waals surface area contributed by atoms with E-state index >= 15 is 0 Å². The Bertz CT molecular complexity index is 432. The van der Waals surface area contributed by atoms with Crippen LogP contribution < -0.4 is 4.72 Å². The van der Waals surface area contributed by atoms with Gasteiger partial charge in [-0.1, -0.05) is 44.8 Å². The van der Waals surface area contributed by atoms with Crippen LogP contribution in [0.1, 0.15) is 59.8 Å². The van der Waals surface area contributed by atoms with E-state index in [0.717, 1.165) is 0 Å². The van der Waals surface area contributed by atoms with Crippen molar-refractivity contribution in [2.24, 2.45) is 5.92 Å². The van der Waals surface area contributed by atoms with Crippen LogP contribution in [0.2, 0.25) is 19.6 Å². The van der Waals surface area contributed by atoms with Gasteiger partial charge in [0.15, 0.2) is 0 Å². The number of hydrogen-bond donors (Lipinski definition) is 1. The molecule has 0 aromatic heterocycles. The molecular weight excluding hydrogens is 294 g/mol. The van der Waals surface area contributed by atoms with Crippen molar-refractivity contribution in [3.8, 4) is 11.5 Å². The number of hydrogen-bond acceptors (Lipinski definition) is 1. The summed E-state index contributed by atoms with van der Waals surface area (Å²) in [5.74, 6) is 4.03. The largest absolute Gasteiger partial charge is 0.242 e. The first-order valence-electron chi connectivity index (χ1n) is 8.18. The van der Waals surface area contributed by atoms with Crippen LogP contribution in [0.4, 0.5) is 0 Å². The van der Waals surface area contributed by atoms with E-state index in [0.29, 0.717) is 5.92 Å². The zero-order chi connectivity index (χ0) is 16.3. The van der Waals surface area contributed by atoms with E-state index in [1.54, 1.807) is 0 Å². The molecule has 4 heteroatoms. The second-order valence-corrected chi connectivity index (χ2v) is 15.2. The van der Waals surface area contributed by atoms with Crippen molar-refractivity contribution in [3.05, 3.63) is 0 Å². The second-order valence-electron chi connectivity index (χ2n) is 8.52. The van der Waals surface area contributed by atoms with E-state index in [2.05, 4.69) is 42.8 Å². The molecule has 2 nitrogen and oxygen atoms in total. The SMILES string of the molecule is CC(C)(C)[S@](=O)N[C@](C)(C#C[Si](C)(C)C)C1CCCCC1. The van der Waals surface area contributed by atoms with Gasteiger partial charge in [0, 0.05) is 0 Å². The lowest BCUT2D eigenvalue weighted by Crippen LogP contribution is -2.52. The van der Waals surface area contributed by atoms with Crippen LogP contribution in [0.25, 0.3) is 0 Å². The molecule has 1 N–H and O–H groups in total. The van der Waals surface area contributed by atoms with Crippen LogP contribution in [0.5, 0.6) is 0 Å². The molecule has 122 valence electrons. The van der Waals surface area contributed by atoms with E-state index in [9.17, 15) is 4.21 Å². The molecule has 1 aliphatic carbocycles. The fraction of sp³-hybridized carbons (Fsp3) is 0.882. The normalized spacial score (nSPS) is 22.0. The highest BCUT2D eigenvalue weighted by Crippen LogP contribution is 2.33. The summed E-state index contributed by atoms with van der Waals surface area (Å²) in [6.07, 6.45) is 6.28. The van der Waals surface area contributed by atoms with Crippen molar-refractivity contribution < 1.29 is 4.21 Å². The summed E-state index contributed by atoms with van der Waals surface area (Å²) in [6.45, 7) is 15.0. The zero-order valence-corrected chi connectivity index (χ0v) is 16.7. The van der Waals surface area contributed by atoms with Gasteiger partial charge < -0.3 is 0 Å². The van der Waals surface area contributed by atoms with Crippen molar-refractivity contribution in [2.75, 3.05) is 0 Å². The lowest BCUT2D eigenvalue weighted by atomic mass is 9.77. The Morgan fingerprint density at radius 2 is 1.57 bits per heavy atom. The standard InChI is InChI=1S/C17H33NOSSi/c1-16(2,3)20(19)18-17(4,13-14-21(5,6)7)15-11-9-8-10-12-15/h15,18H,8-12H2,1-7H3/t17-,20+/m1/s1. The molecule has 0 heterocycles. The average molecular weight is 328 g/mol. The van der Waals surface area contributed by atoms with Crippen molar-refractivity contribution in [1.29, 1.82) is 0 Å². The highest BCUT2D eigenvalue weighted by molar-refractivity contribution is 7.84. The quantitative estimate of drug-likeness (QED) is 0.609. The second kappa shape index (κ2) is 6.98. The predicted molar refractivity (Wildman–Crippen MR) is 97.1 cm³/mol.